The lowest BCUT2D eigenvalue weighted by molar-refractivity contribution is -0.147. The van der Waals surface area contributed by atoms with Crippen molar-refractivity contribution in [2.24, 2.45) is 5.92 Å². The Balaban J connectivity index is 3.47. The maximum absolute atomic E-state index is 10.8. The Morgan fingerprint density at radius 3 is 2.29 bits per heavy atom. The molecule has 2 unspecified atom stereocenters. The van der Waals surface area contributed by atoms with Crippen LogP contribution in [0.3, 0.4) is 0 Å². The summed E-state index contributed by atoms with van der Waals surface area (Å²) in [7, 11) is 0. The second-order valence-corrected chi connectivity index (χ2v) is 4.62. The van der Waals surface area contributed by atoms with Gasteiger partial charge in [-0.05, 0) is 25.7 Å². The summed E-state index contributed by atoms with van der Waals surface area (Å²) in [5.41, 5.74) is 0. The highest BCUT2D eigenvalue weighted by atomic mass is 16.5. The molecular weight excluding hydrogens is 218 g/mol. The normalized spacial score (nSPS) is 13.9. The first-order valence-corrected chi connectivity index (χ1v) is 6.35. The summed E-state index contributed by atoms with van der Waals surface area (Å²) >= 11 is 0. The summed E-state index contributed by atoms with van der Waals surface area (Å²) in [6.45, 7) is 7.76. The molecule has 100 valence electrons. The third-order valence-corrected chi connectivity index (χ3v) is 2.86. The molecule has 1 N–H and O–H groups in total. The van der Waals surface area contributed by atoms with Crippen molar-refractivity contribution in [3.8, 4) is 0 Å². The Morgan fingerprint density at radius 2 is 1.76 bits per heavy atom. The first-order valence-electron chi connectivity index (χ1n) is 6.35. The van der Waals surface area contributed by atoms with Crippen molar-refractivity contribution in [3.63, 3.8) is 0 Å². The Morgan fingerprint density at radius 1 is 1.12 bits per heavy atom. The van der Waals surface area contributed by atoms with Gasteiger partial charge in [0.1, 0.15) is 6.10 Å². The van der Waals surface area contributed by atoms with Gasteiger partial charge in [0, 0.05) is 20.4 Å². The average Bonchev–Trinajstić information content (AvgIpc) is 2.21. The SMILES string of the molecule is CC(=O)NCCCCCC(C)C(C)OC(C)=O. The summed E-state index contributed by atoms with van der Waals surface area (Å²) in [4.78, 5) is 21.4. The fourth-order valence-corrected chi connectivity index (χ4v) is 1.65. The molecule has 0 rings (SSSR count). The van der Waals surface area contributed by atoms with E-state index in [0.717, 1.165) is 32.2 Å². The minimum absolute atomic E-state index is 0.0113. The van der Waals surface area contributed by atoms with Crippen LogP contribution in [-0.4, -0.2) is 24.5 Å². The van der Waals surface area contributed by atoms with Crippen LogP contribution in [0.25, 0.3) is 0 Å². The number of amides is 1. The van der Waals surface area contributed by atoms with Gasteiger partial charge >= 0.3 is 5.97 Å². The largest absolute Gasteiger partial charge is 0.463 e. The van der Waals surface area contributed by atoms with E-state index in [1.54, 1.807) is 0 Å². The number of ether oxygens (including phenoxy) is 1. The number of rotatable bonds is 8. The first-order chi connectivity index (χ1) is 7.93. The number of esters is 1. The molecule has 0 radical (unpaired) electrons. The molecule has 0 spiro atoms. The van der Waals surface area contributed by atoms with Gasteiger partial charge in [0.15, 0.2) is 0 Å². The molecule has 0 bridgehead atoms. The average molecular weight is 243 g/mol. The molecule has 0 fully saturated rings. The van der Waals surface area contributed by atoms with Crippen LogP contribution in [0.15, 0.2) is 0 Å². The van der Waals surface area contributed by atoms with Crippen molar-refractivity contribution in [3.05, 3.63) is 0 Å². The molecule has 0 saturated carbocycles. The smallest absolute Gasteiger partial charge is 0.302 e. The van der Waals surface area contributed by atoms with Crippen molar-refractivity contribution < 1.29 is 14.3 Å². The highest BCUT2D eigenvalue weighted by Gasteiger charge is 2.14. The van der Waals surface area contributed by atoms with E-state index in [1.807, 2.05) is 6.92 Å². The van der Waals surface area contributed by atoms with E-state index < -0.39 is 0 Å². The van der Waals surface area contributed by atoms with Gasteiger partial charge in [0.05, 0.1) is 0 Å². The number of nitrogens with one attached hydrogen (secondary N) is 1. The standard InChI is InChI=1S/C13H25NO3/c1-10(11(2)17-13(4)16)8-6-5-7-9-14-12(3)15/h10-11H,5-9H2,1-4H3,(H,14,15). The van der Waals surface area contributed by atoms with Gasteiger partial charge in [0.2, 0.25) is 5.91 Å². The fraction of sp³-hybridized carbons (Fsp3) is 0.846. The number of hydrogen-bond donors (Lipinski definition) is 1. The minimum atomic E-state index is -0.213. The van der Waals surface area contributed by atoms with Crippen molar-refractivity contribution in [2.75, 3.05) is 6.54 Å². The lowest BCUT2D eigenvalue weighted by Gasteiger charge is -2.19. The second kappa shape index (κ2) is 9.02. The van der Waals surface area contributed by atoms with Gasteiger partial charge in [-0.15, -0.1) is 0 Å². The van der Waals surface area contributed by atoms with Crippen molar-refractivity contribution >= 4 is 11.9 Å². The molecule has 0 saturated heterocycles. The molecule has 4 heteroatoms. The predicted molar refractivity (Wildman–Crippen MR) is 67.5 cm³/mol. The van der Waals surface area contributed by atoms with E-state index in [-0.39, 0.29) is 18.0 Å². The number of unbranched alkanes of at least 4 members (excludes halogenated alkanes) is 2. The van der Waals surface area contributed by atoms with Gasteiger partial charge in [-0.2, -0.15) is 0 Å². The fourth-order valence-electron chi connectivity index (χ4n) is 1.65. The monoisotopic (exact) mass is 243 g/mol. The number of carbonyl (C=O) groups excluding carboxylic acids is 2. The molecule has 4 nitrogen and oxygen atoms in total. The molecular formula is C13H25NO3. The van der Waals surface area contributed by atoms with E-state index in [1.165, 1.54) is 13.8 Å². The topological polar surface area (TPSA) is 55.4 Å². The maximum atomic E-state index is 10.8. The molecule has 0 aliphatic heterocycles. The van der Waals surface area contributed by atoms with E-state index in [0.29, 0.717) is 5.92 Å². The van der Waals surface area contributed by atoms with Crippen LogP contribution in [0.5, 0.6) is 0 Å². The highest BCUT2D eigenvalue weighted by Crippen LogP contribution is 2.15. The number of carbonyl (C=O) groups is 2. The Labute approximate surface area is 104 Å². The first kappa shape index (κ1) is 15.9. The van der Waals surface area contributed by atoms with Crippen LogP contribution in [0, 0.1) is 5.92 Å². The van der Waals surface area contributed by atoms with Crippen molar-refractivity contribution in [1.82, 2.24) is 5.32 Å². The summed E-state index contributed by atoms with van der Waals surface area (Å²) in [6.07, 6.45) is 4.25. The molecule has 0 aliphatic carbocycles. The van der Waals surface area contributed by atoms with Crippen molar-refractivity contribution in [2.45, 2.75) is 59.5 Å². The van der Waals surface area contributed by atoms with Crippen molar-refractivity contribution in [1.29, 1.82) is 0 Å². The molecule has 0 aromatic carbocycles. The summed E-state index contributed by atoms with van der Waals surface area (Å²) in [5.74, 6) is 0.205. The molecule has 1 amide bonds. The maximum Gasteiger partial charge on any atom is 0.302 e. The zero-order valence-corrected chi connectivity index (χ0v) is 11.4. The van der Waals surface area contributed by atoms with E-state index in [9.17, 15) is 9.59 Å². The van der Waals surface area contributed by atoms with Crippen LogP contribution >= 0.6 is 0 Å². The molecule has 0 aliphatic rings. The molecule has 0 aromatic rings. The zero-order chi connectivity index (χ0) is 13.3. The van der Waals surface area contributed by atoms with Gasteiger partial charge < -0.3 is 10.1 Å². The quantitative estimate of drug-likeness (QED) is 0.525. The minimum Gasteiger partial charge on any atom is -0.463 e. The molecule has 0 aromatic heterocycles. The molecule has 2 atom stereocenters. The summed E-state index contributed by atoms with van der Waals surface area (Å²) in [5, 5.41) is 2.77. The lowest BCUT2D eigenvalue weighted by atomic mass is 9.98. The van der Waals surface area contributed by atoms with Crippen LogP contribution in [0.2, 0.25) is 0 Å². The zero-order valence-electron chi connectivity index (χ0n) is 11.4. The van der Waals surface area contributed by atoms with E-state index in [2.05, 4.69) is 12.2 Å². The molecule has 17 heavy (non-hydrogen) atoms. The highest BCUT2D eigenvalue weighted by molar-refractivity contribution is 5.72. The summed E-state index contributed by atoms with van der Waals surface area (Å²) in [6, 6.07) is 0. The van der Waals surface area contributed by atoms with Crippen LogP contribution in [-0.2, 0) is 14.3 Å². The van der Waals surface area contributed by atoms with Gasteiger partial charge in [-0.3, -0.25) is 9.59 Å². The Hall–Kier alpha value is -1.06. The number of hydrogen-bond acceptors (Lipinski definition) is 3. The van der Waals surface area contributed by atoms with Gasteiger partial charge in [-0.1, -0.05) is 19.8 Å². The van der Waals surface area contributed by atoms with Gasteiger partial charge in [0.25, 0.3) is 0 Å². The van der Waals surface area contributed by atoms with E-state index >= 15 is 0 Å². The third-order valence-electron chi connectivity index (χ3n) is 2.86. The third kappa shape index (κ3) is 9.85. The van der Waals surface area contributed by atoms with Crippen LogP contribution < -0.4 is 5.32 Å². The summed E-state index contributed by atoms with van der Waals surface area (Å²) < 4.78 is 5.13. The predicted octanol–water partition coefficient (Wildman–Crippen LogP) is 2.27. The second-order valence-electron chi connectivity index (χ2n) is 4.62. The Kier molecular flexibility index (Phi) is 8.46. The van der Waals surface area contributed by atoms with Gasteiger partial charge in [-0.25, -0.2) is 0 Å². The molecule has 0 heterocycles. The van der Waals surface area contributed by atoms with Crippen LogP contribution in [0.4, 0.5) is 0 Å². The Bertz CT molecular complexity index is 241. The van der Waals surface area contributed by atoms with E-state index in [4.69, 9.17) is 4.74 Å². The lowest BCUT2D eigenvalue weighted by Crippen LogP contribution is -2.21. The van der Waals surface area contributed by atoms with Crippen LogP contribution in [0.1, 0.15) is 53.4 Å².